The molecule has 1 aromatic rings. The van der Waals surface area contributed by atoms with Crippen LogP contribution in [0.15, 0.2) is 27.6 Å². The third-order valence-electron chi connectivity index (χ3n) is 2.24. The van der Waals surface area contributed by atoms with Crippen molar-refractivity contribution in [2.45, 2.75) is 23.0 Å². The Bertz CT molecular complexity index is 466. The quantitative estimate of drug-likeness (QED) is 0.840. The SMILES string of the molecule is Nc1cc(Br)ccc1S(=O)(=O)C1CC1. The molecule has 0 aliphatic heterocycles. The summed E-state index contributed by atoms with van der Waals surface area (Å²) in [4.78, 5) is 0.267. The smallest absolute Gasteiger partial charge is 0.183 e. The summed E-state index contributed by atoms with van der Waals surface area (Å²) >= 11 is 3.24. The van der Waals surface area contributed by atoms with Crippen LogP contribution < -0.4 is 5.73 Å². The lowest BCUT2D eigenvalue weighted by Crippen LogP contribution is -2.09. The summed E-state index contributed by atoms with van der Waals surface area (Å²) in [7, 11) is -3.16. The molecule has 0 spiro atoms. The number of halogens is 1. The molecule has 2 rings (SSSR count). The maximum absolute atomic E-state index is 11.8. The highest BCUT2D eigenvalue weighted by Gasteiger charge is 2.37. The molecule has 0 unspecified atom stereocenters. The number of anilines is 1. The summed E-state index contributed by atoms with van der Waals surface area (Å²) < 4.78 is 24.5. The van der Waals surface area contributed by atoms with E-state index >= 15 is 0 Å². The average Bonchev–Trinajstić information content (AvgIpc) is 2.84. The number of hydrogen-bond donors (Lipinski definition) is 1. The maximum Gasteiger partial charge on any atom is 0.183 e. The molecule has 5 heteroatoms. The zero-order chi connectivity index (χ0) is 10.3. The average molecular weight is 276 g/mol. The molecule has 0 radical (unpaired) electrons. The Balaban J connectivity index is 2.51. The summed E-state index contributed by atoms with van der Waals surface area (Å²) in [6.07, 6.45) is 1.52. The van der Waals surface area contributed by atoms with Gasteiger partial charge in [-0.1, -0.05) is 15.9 Å². The summed E-state index contributed by atoms with van der Waals surface area (Å²) in [6.45, 7) is 0. The minimum absolute atomic E-state index is 0.203. The highest BCUT2D eigenvalue weighted by Crippen LogP contribution is 2.36. The van der Waals surface area contributed by atoms with Crippen LogP contribution in [0.2, 0.25) is 0 Å². The van der Waals surface area contributed by atoms with E-state index in [0.29, 0.717) is 5.69 Å². The highest BCUT2D eigenvalue weighted by atomic mass is 79.9. The van der Waals surface area contributed by atoms with Gasteiger partial charge < -0.3 is 5.73 Å². The number of nitrogen functional groups attached to an aromatic ring is 1. The number of benzene rings is 1. The summed E-state index contributed by atoms with van der Waals surface area (Å²) in [6, 6.07) is 4.88. The molecule has 1 aromatic carbocycles. The third kappa shape index (κ3) is 1.66. The van der Waals surface area contributed by atoms with Gasteiger partial charge in [0.1, 0.15) is 0 Å². The van der Waals surface area contributed by atoms with Crippen LogP contribution in [0.3, 0.4) is 0 Å². The zero-order valence-corrected chi connectivity index (χ0v) is 9.81. The van der Waals surface area contributed by atoms with E-state index < -0.39 is 9.84 Å². The first-order valence-corrected chi connectivity index (χ1v) is 6.64. The molecule has 1 aliphatic carbocycles. The zero-order valence-electron chi connectivity index (χ0n) is 7.40. The van der Waals surface area contributed by atoms with Crippen molar-refractivity contribution in [1.29, 1.82) is 0 Å². The van der Waals surface area contributed by atoms with Gasteiger partial charge in [0.25, 0.3) is 0 Å². The third-order valence-corrected chi connectivity index (χ3v) is 5.07. The van der Waals surface area contributed by atoms with E-state index in [2.05, 4.69) is 15.9 Å². The first-order valence-electron chi connectivity index (χ1n) is 4.31. The summed E-state index contributed by atoms with van der Waals surface area (Å²) in [5.74, 6) is 0. The fraction of sp³-hybridized carbons (Fsp3) is 0.333. The molecule has 0 amide bonds. The topological polar surface area (TPSA) is 60.2 Å². The van der Waals surface area contributed by atoms with Gasteiger partial charge in [-0.3, -0.25) is 0 Å². The fourth-order valence-electron chi connectivity index (χ4n) is 1.34. The van der Waals surface area contributed by atoms with Crippen molar-refractivity contribution in [2.75, 3.05) is 5.73 Å². The standard InChI is InChI=1S/C9H10BrNO2S/c10-6-1-4-9(8(11)5-6)14(12,13)7-2-3-7/h1,4-5,7H,2-3,11H2. The Labute approximate surface area is 91.4 Å². The van der Waals surface area contributed by atoms with Crippen LogP contribution in [0.25, 0.3) is 0 Å². The van der Waals surface area contributed by atoms with E-state index in [9.17, 15) is 8.42 Å². The van der Waals surface area contributed by atoms with Gasteiger partial charge >= 0.3 is 0 Å². The maximum atomic E-state index is 11.8. The second-order valence-electron chi connectivity index (χ2n) is 3.43. The van der Waals surface area contributed by atoms with Crippen molar-refractivity contribution in [1.82, 2.24) is 0 Å². The Kier molecular flexibility index (Phi) is 2.31. The van der Waals surface area contributed by atoms with Gasteiger partial charge in [-0.2, -0.15) is 0 Å². The van der Waals surface area contributed by atoms with Crippen LogP contribution >= 0.6 is 15.9 Å². The van der Waals surface area contributed by atoms with Crippen LogP contribution in [0.5, 0.6) is 0 Å². The second kappa shape index (κ2) is 3.24. The van der Waals surface area contributed by atoms with E-state index in [4.69, 9.17) is 5.73 Å². The minimum atomic E-state index is -3.16. The van der Waals surface area contributed by atoms with Crippen molar-refractivity contribution < 1.29 is 8.42 Å². The van der Waals surface area contributed by atoms with Gasteiger partial charge in [-0.25, -0.2) is 8.42 Å². The molecule has 2 N–H and O–H groups in total. The Morgan fingerprint density at radius 2 is 2.00 bits per heavy atom. The van der Waals surface area contributed by atoms with E-state index in [1.54, 1.807) is 18.2 Å². The van der Waals surface area contributed by atoms with Gasteiger partial charge in [-0.05, 0) is 31.0 Å². The normalized spacial score (nSPS) is 16.9. The van der Waals surface area contributed by atoms with Crippen LogP contribution in [0.4, 0.5) is 5.69 Å². The van der Waals surface area contributed by atoms with E-state index in [1.807, 2.05) is 0 Å². The van der Waals surface area contributed by atoms with Gasteiger partial charge in [-0.15, -0.1) is 0 Å². The first kappa shape index (κ1) is 9.98. The molecule has 0 heterocycles. The number of hydrogen-bond acceptors (Lipinski definition) is 3. The van der Waals surface area contributed by atoms with Crippen molar-refractivity contribution in [3.05, 3.63) is 22.7 Å². The van der Waals surface area contributed by atoms with Crippen molar-refractivity contribution in [3.63, 3.8) is 0 Å². The minimum Gasteiger partial charge on any atom is -0.398 e. The predicted molar refractivity (Wildman–Crippen MR) is 58.8 cm³/mol. The van der Waals surface area contributed by atoms with E-state index in [1.165, 1.54) is 0 Å². The molecule has 0 aromatic heterocycles. The molecule has 1 fully saturated rings. The number of nitrogens with two attached hydrogens (primary N) is 1. The monoisotopic (exact) mass is 275 g/mol. The van der Waals surface area contributed by atoms with Crippen molar-refractivity contribution in [3.8, 4) is 0 Å². The van der Waals surface area contributed by atoms with E-state index in [0.717, 1.165) is 17.3 Å². The molecule has 0 atom stereocenters. The molecule has 14 heavy (non-hydrogen) atoms. The highest BCUT2D eigenvalue weighted by molar-refractivity contribution is 9.10. The molecule has 0 saturated heterocycles. The van der Waals surface area contributed by atoms with Gasteiger partial charge in [0.2, 0.25) is 0 Å². The van der Waals surface area contributed by atoms with Gasteiger partial charge in [0, 0.05) is 4.47 Å². The molecular weight excluding hydrogens is 266 g/mol. The fourth-order valence-corrected chi connectivity index (χ4v) is 3.48. The molecule has 1 aliphatic rings. The van der Waals surface area contributed by atoms with Crippen molar-refractivity contribution >= 4 is 31.5 Å². The van der Waals surface area contributed by atoms with Gasteiger partial charge in [0.05, 0.1) is 15.8 Å². The summed E-state index contributed by atoms with van der Waals surface area (Å²) in [5.41, 5.74) is 5.99. The lowest BCUT2D eigenvalue weighted by Gasteiger charge is -2.06. The molecular formula is C9H10BrNO2S. The summed E-state index contributed by atoms with van der Waals surface area (Å²) in [5, 5.41) is -0.203. The van der Waals surface area contributed by atoms with Crippen LogP contribution in [0.1, 0.15) is 12.8 Å². The van der Waals surface area contributed by atoms with E-state index in [-0.39, 0.29) is 10.1 Å². The second-order valence-corrected chi connectivity index (χ2v) is 6.54. The molecule has 1 saturated carbocycles. The van der Waals surface area contributed by atoms with Crippen molar-refractivity contribution in [2.24, 2.45) is 0 Å². The number of rotatable bonds is 2. The molecule has 0 bridgehead atoms. The van der Waals surface area contributed by atoms with Crippen LogP contribution in [0, 0.1) is 0 Å². The lowest BCUT2D eigenvalue weighted by molar-refractivity contribution is 0.595. The molecule has 76 valence electrons. The largest absolute Gasteiger partial charge is 0.398 e. The van der Waals surface area contributed by atoms with Crippen LogP contribution in [-0.2, 0) is 9.84 Å². The van der Waals surface area contributed by atoms with Gasteiger partial charge in [0.15, 0.2) is 9.84 Å². The first-order chi connectivity index (χ1) is 6.51. The Morgan fingerprint density at radius 3 is 2.50 bits per heavy atom. The lowest BCUT2D eigenvalue weighted by atomic mass is 10.3. The Morgan fingerprint density at radius 1 is 1.36 bits per heavy atom. The predicted octanol–water partition coefficient (Wildman–Crippen LogP) is 1.97. The van der Waals surface area contributed by atoms with Crippen LogP contribution in [-0.4, -0.2) is 13.7 Å². The molecule has 3 nitrogen and oxygen atoms in total. The Hall–Kier alpha value is -0.550. The number of sulfone groups is 1.